The van der Waals surface area contributed by atoms with Gasteiger partial charge in [0, 0.05) is 36.1 Å². The molecule has 0 bridgehead atoms. The maximum Gasteiger partial charge on any atom is 0.193 e. The van der Waals surface area contributed by atoms with E-state index in [1.54, 1.807) is 24.5 Å². The van der Waals surface area contributed by atoms with Gasteiger partial charge in [0.25, 0.3) is 0 Å². The topological polar surface area (TPSA) is 40.5 Å². The van der Waals surface area contributed by atoms with Gasteiger partial charge in [-0.15, -0.1) is 35.3 Å². The molecule has 2 aromatic rings. The summed E-state index contributed by atoms with van der Waals surface area (Å²) in [5.41, 5.74) is 2.16. The largest absolute Gasteiger partial charge is 0.356 e. The van der Waals surface area contributed by atoms with Crippen LogP contribution >= 0.6 is 58.5 Å². The van der Waals surface area contributed by atoms with Crippen molar-refractivity contribution in [2.24, 2.45) is 4.99 Å². The molecule has 0 saturated heterocycles. The fourth-order valence-electron chi connectivity index (χ4n) is 2.26. The van der Waals surface area contributed by atoms with Gasteiger partial charge in [0.15, 0.2) is 5.96 Å². The van der Waals surface area contributed by atoms with E-state index in [9.17, 15) is 0 Å². The highest BCUT2D eigenvalue weighted by molar-refractivity contribution is 14.0. The average molecular weight is 499 g/mol. The minimum atomic E-state index is 0. The molecule has 0 spiro atoms. The van der Waals surface area contributed by atoms with Crippen LogP contribution in [0.4, 0.5) is 0 Å². The fraction of sp³-hybridized carbons (Fsp3) is 0.375. The molecule has 1 N–H and O–H groups in total. The zero-order valence-corrected chi connectivity index (χ0v) is 18.5. The normalized spacial score (nSPS) is 11.1. The van der Waals surface area contributed by atoms with Crippen molar-refractivity contribution < 1.29 is 0 Å². The van der Waals surface area contributed by atoms with Gasteiger partial charge >= 0.3 is 0 Å². The van der Waals surface area contributed by atoms with Gasteiger partial charge in [-0.05, 0) is 37.1 Å². The Morgan fingerprint density at radius 2 is 1.96 bits per heavy atom. The highest BCUT2D eigenvalue weighted by Crippen LogP contribution is 2.19. The third kappa shape index (κ3) is 6.74. The minimum absolute atomic E-state index is 0. The van der Waals surface area contributed by atoms with Crippen molar-refractivity contribution in [1.29, 1.82) is 0 Å². The summed E-state index contributed by atoms with van der Waals surface area (Å²) in [4.78, 5) is 10.8. The lowest BCUT2D eigenvalue weighted by molar-refractivity contribution is 0.471. The predicted octanol–water partition coefficient (Wildman–Crippen LogP) is 4.63. The third-order valence-electron chi connectivity index (χ3n) is 3.26. The molecular weight excluding hydrogens is 478 g/mol. The van der Waals surface area contributed by atoms with Crippen LogP contribution in [0, 0.1) is 6.92 Å². The number of guanidine groups is 1. The van der Waals surface area contributed by atoms with Gasteiger partial charge in [-0.3, -0.25) is 4.99 Å². The molecule has 0 fully saturated rings. The van der Waals surface area contributed by atoms with E-state index in [0.717, 1.165) is 41.7 Å². The van der Waals surface area contributed by atoms with Crippen LogP contribution in [-0.2, 0) is 13.0 Å². The standard InChI is InChI=1S/C16H20Cl2N4S.HI/c1-11-21-15(10-23-11)9-22(3)16(19-2)20-5-4-12-6-13(17)8-14(18)7-12;/h6-8,10H,4-5,9H2,1-3H3,(H,19,20);1H. The SMILES string of the molecule is CN=C(NCCc1cc(Cl)cc(Cl)c1)N(C)Cc1csc(C)n1.I. The number of rotatable bonds is 5. The van der Waals surface area contributed by atoms with Crippen molar-refractivity contribution in [3.05, 3.63) is 49.9 Å². The van der Waals surface area contributed by atoms with Crippen LogP contribution < -0.4 is 5.32 Å². The summed E-state index contributed by atoms with van der Waals surface area (Å²) in [7, 11) is 3.78. The van der Waals surface area contributed by atoms with Crippen molar-refractivity contribution in [3.63, 3.8) is 0 Å². The lowest BCUT2D eigenvalue weighted by Gasteiger charge is -2.21. The van der Waals surface area contributed by atoms with Crippen LogP contribution in [0.15, 0.2) is 28.6 Å². The quantitative estimate of drug-likeness (QED) is 0.371. The molecule has 24 heavy (non-hydrogen) atoms. The van der Waals surface area contributed by atoms with Crippen LogP contribution in [0.1, 0.15) is 16.3 Å². The zero-order valence-electron chi connectivity index (χ0n) is 13.8. The van der Waals surface area contributed by atoms with Crippen LogP contribution in [0.2, 0.25) is 10.0 Å². The fourth-order valence-corrected chi connectivity index (χ4v) is 3.43. The molecule has 2 rings (SSSR count). The van der Waals surface area contributed by atoms with E-state index in [0.29, 0.717) is 10.0 Å². The van der Waals surface area contributed by atoms with Gasteiger partial charge in [0.2, 0.25) is 0 Å². The molecule has 0 unspecified atom stereocenters. The van der Waals surface area contributed by atoms with E-state index in [1.165, 1.54) is 0 Å². The monoisotopic (exact) mass is 498 g/mol. The molecule has 0 radical (unpaired) electrons. The molecule has 1 heterocycles. The Hall–Kier alpha value is -0.570. The van der Waals surface area contributed by atoms with Crippen molar-refractivity contribution >= 4 is 64.5 Å². The van der Waals surface area contributed by atoms with Crippen molar-refractivity contribution in [1.82, 2.24) is 15.2 Å². The highest BCUT2D eigenvalue weighted by atomic mass is 127. The Bertz CT molecular complexity index is 670. The number of aromatic nitrogens is 1. The Kier molecular flexibility index (Phi) is 9.33. The summed E-state index contributed by atoms with van der Waals surface area (Å²) >= 11 is 13.7. The van der Waals surface area contributed by atoms with E-state index in [1.807, 2.05) is 26.1 Å². The maximum absolute atomic E-state index is 6.02. The smallest absolute Gasteiger partial charge is 0.193 e. The van der Waals surface area contributed by atoms with Gasteiger partial charge in [-0.25, -0.2) is 4.98 Å². The number of aliphatic imine (C=N–C) groups is 1. The summed E-state index contributed by atoms with van der Waals surface area (Å²) in [5, 5.41) is 7.82. The second kappa shape index (κ2) is 10.4. The van der Waals surface area contributed by atoms with Crippen LogP contribution in [0.3, 0.4) is 0 Å². The predicted molar refractivity (Wildman–Crippen MR) is 115 cm³/mol. The van der Waals surface area contributed by atoms with E-state index in [4.69, 9.17) is 23.2 Å². The van der Waals surface area contributed by atoms with Crippen molar-refractivity contribution in [3.8, 4) is 0 Å². The molecule has 0 atom stereocenters. The number of nitrogens with zero attached hydrogens (tertiary/aromatic N) is 3. The summed E-state index contributed by atoms with van der Waals surface area (Å²) in [5.74, 6) is 0.837. The molecule has 4 nitrogen and oxygen atoms in total. The van der Waals surface area contributed by atoms with Gasteiger partial charge in [-0.1, -0.05) is 23.2 Å². The summed E-state index contributed by atoms with van der Waals surface area (Å²) in [6, 6.07) is 5.60. The van der Waals surface area contributed by atoms with Crippen LogP contribution in [-0.4, -0.2) is 36.5 Å². The molecular formula is C16H21Cl2IN4S. The minimum Gasteiger partial charge on any atom is -0.356 e. The number of nitrogens with one attached hydrogen (secondary N) is 1. The number of halogens is 3. The molecule has 0 aliphatic heterocycles. The molecule has 1 aromatic carbocycles. The first-order chi connectivity index (χ1) is 11.0. The number of hydrogen-bond donors (Lipinski definition) is 1. The Labute approximate surface area is 174 Å². The molecule has 0 aliphatic rings. The van der Waals surface area contributed by atoms with E-state index >= 15 is 0 Å². The molecule has 0 saturated carbocycles. The second-order valence-electron chi connectivity index (χ2n) is 5.22. The van der Waals surface area contributed by atoms with Gasteiger partial charge < -0.3 is 10.2 Å². The molecule has 0 aliphatic carbocycles. The number of benzene rings is 1. The van der Waals surface area contributed by atoms with E-state index < -0.39 is 0 Å². The number of aryl methyl sites for hydroxylation is 1. The Balaban J connectivity index is 0.00000288. The van der Waals surface area contributed by atoms with E-state index in [-0.39, 0.29) is 24.0 Å². The molecule has 132 valence electrons. The second-order valence-corrected chi connectivity index (χ2v) is 7.15. The lowest BCUT2D eigenvalue weighted by Crippen LogP contribution is -2.39. The summed E-state index contributed by atoms with van der Waals surface area (Å²) in [6.45, 7) is 3.49. The van der Waals surface area contributed by atoms with Crippen LogP contribution in [0.25, 0.3) is 0 Å². The molecule has 1 aromatic heterocycles. The van der Waals surface area contributed by atoms with Crippen molar-refractivity contribution in [2.45, 2.75) is 19.9 Å². The Morgan fingerprint density at radius 1 is 1.29 bits per heavy atom. The summed E-state index contributed by atoms with van der Waals surface area (Å²) < 4.78 is 0. The van der Waals surface area contributed by atoms with E-state index in [2.05, 4.69) is 25.6 Å². The third-order valence-corrected chi connectivity index (χ3v) is 4.52. The Morgan fingerprint density at radius 3 is 2.50 bits per heavy atom. The first-order valence-corrected chi connectivity index (χ1v) is 8.89. The van der Waals surface area contributed by atoms with Gasteiger partial charge in [0.05, 0.1) is 17.2 Å². The van der Waals surface area contributed by atoms with Gasteiger partial charge in [0.1, 0.15) is 0 Å². The first-order valence-electron chi connectivity index (χ1n) is 7.25. The molecule has 0 amide bonds. The van der Waals surface area contributed by atoms with Gasteiger partial charge in [-0.2, -0.15) is 0 Å². The molecule has 8 heteroatoms. The highest BCUT2D eigenvalue weighted by Gasteiger charge is 2.08. The average Bonchev–Trinajstić information content (AvgIpc) is 2.87. The van der Waals surface area contributed by atoms with Crippen molar-refractivity contribution in [2.75, 3.05) is 20.6 Å². The lowest BCUT2D eigenvalue weighted by atomic mass is 10.1. The maximum atomic E-state index is 6.02. The van der Waals surface area contributed by atoms with Crippen LogP contribution in [0.5, 0.6) is 0 Å². The zero-order chi connectivity index (χ0) is 16.8. The first kappa shape index (κ1) is 21.5. The number of hydrogen-bond acceptors (Lipinski definition) is 3. The number of thiazole rings is 1. The summed E-state index contributed by atoms with van der Waals surface area (Å²) in [6.07, 6.45) is 0.822.